The molecule has 0 bridgehead atoms. The zero-order valence-corrected chi connectivity index (χ0v) is 11.2. The van der Waals surface area contributed by atoms with Crippen molar-refractivity contribution in [1.82, 2.24) is 5.32 Å². The summed E-state index contributed by atoms with van der Waals surface area (Å²) in [4.78, 5) is 11.7. The van der Waals surface area contributed by atoms with Crippen LogP contribution in [0.1, 0.15) is 17.2 Å². The largest absolute Gasteiger partial charge is 0.387 e. The van der Waals surface area contributed by atoms with E-state index in [0.29, 0.717) is 5.56 Å². The van der Waals surface area contributed by atoms with Crippen molar-refractivity contribution in [2.24, 2.45) is 0 Å². The van der Waals surface area contributed by atoms with Crippen LogP contribution in [-0.2, 0) is 11.2 Å². The van der Waals surface area contributed by atoms with Gasteiger partial charge in [0.25, 0.3) is 0 Å². The minimum absolute atomic E-state index is 0.0334. The molecule has 0 fully saturated rings. The standard InChI is InChI=1S/C16H15F2NO2/c17-13-7-6-12(14(18)9-13)8-16(21)19-10-15(20)11-4-2-1-3-5-11/h1-7,9,15,20H,8,10H2,(H,19,21). The van der Waals surface area contributed by atoms with Crippen LogP contribution < -0.4 is 5.32 Å². The van der Waals surface area contributed by atoms with Gasteiger partial charge < -0.3 is 10.4 Å². The van der Waals surface area contributed by atoms with Crippen LogP contribution in [0.3, 0.4) is 0 Å². The molecule has 2 N–H and O–H groups in total. The van der Waals surface area contributed by atoms with E-state index in [0.717, 1.165) is 12.1 Å². The number of rotatable bonds is 5. The fourth-order valence-corrected chi connectivity index (χ4v) is 1.90. The molecular formula is C16H15F2NO2. The number of aliphatic hydroxyl groups excluding tert-OH is 1. The van der Waals surface area contributed by atoms with Gasteiger partial charge in [-0.15, -0.1) is 0 Å². The van der Waals surface area contributed by atoms with Gasteiger partial charge in [-0.3, -0.25) is 4.79 Å². The van der Waals surface area contributed by atoms with Gasteiger partial charge >= 0.3 is 0 Å². The van der Waals surface area contributed by atoms with Crippen molar-refractivity contribution in [3.8, 4) is 0 Å². The van der Waals surface area contributed by atoms with Crippen molar-refractivity contribution in [2.45, 2.75) is 12.5 Å². The molecule has 0 aliphatic heterocycles. The zero-order valence-electron chi connectivity index (χ0n) is 11.2. The first-order chi connectivity index (χ1) is 10.1. The number of nitrogens with one attached hydrogen (secondary N) is 1. The van der Waals surface area contributed by atoms with E-state index in [2.05, 4.69) is 5.32 Å². The van der Waals surface area contributed by atoms with Gasteiger partial charge in [-0.25, -0.2) is 8.78 Å². The van der Waals surface area contributed by atoms with Gasteiger partial charge in [0.15, 0.2) is 0 Å². The van der Waals surface area contributed by atoms with E-state index in [-0.39, 0.29) is 18.5 Å². The van der Waals surface area contributed by atoms with Crippen molar-refractivity contribution >= 4 is 5.91 Å². The highest BCUT2D eigenvalue weighted by Crippen LogP contribution is 2.12. The highest BCUT2D eigenvalue weighted by Gasteiger charge is 2.12. The lowest BCUT2D eigenvalue weighted by atomic mass is 10.1. The lowest BCUT2D eigenvalue weighted by molar-refractivity contribution is -0.120. The molecule has 0 saturated heterocycles. The normalized spacial score (nSPS) is 12.0. The molecule has 2 aromatic carbocycles. The summed E-state index contributed by atoms with van der Waals surface area (Å²) in [5.74, 6) is -1.87. The van der Waals surface area contributed by atoms with Crippen LogP contribution in [-0.4, -0.2) is 17.6 Å². The van der Waals surface area contributed by atoms with Gasteiger partial charge in [0.1, 0.15) is 11.6 Å². The Morgan fingerprint density at radius 1 is 1.14 bits per heavy atom. The molecule has 21 heavy (non-hydrogen) atoms. The average molecular weight is 291 g/mol. The molecule has 0 aliphatic carbocycles. The van der Waals surface area contributed by atoms with E-state index in [4.69, 9.17) is 0 Å². The van der Waals surface area contributed by atoms with Crippen LogP contribution in [0, 0.1) is 11.6 Å². The second kappa shape index (κ2) is 6.95. The van der Waals surface area contributed by atoms with Crippen molar-refractivity contribution in [3.63, 3.8) is 0 Å². The van der Waals surface area contributed by atoms with Crippen LogP contribution in [0.4, 0.5) is 8.78 Å². The molecular weight excluding hydrogens is 276 g/mol. The zero-order chi connectivity index (χ0) is 15.2. The Hall–Kier alpha value is -2.27. The van der Waals surface area contributed by atoms with Gasteiger partial charge in [0.05, 0.1) is 12.5 Å². The van der Waals surface area contributed by atoms with Crippen molar-refractivity contribution < 1.29 is 18.7 Å². The molecule has 0 aliphatic rings. The molecule has 0 radical (unpaired) electrons. The molecule has 5 heteroatoms. The first kappa shape index (κ1) is 15.1. The van der Waals surface area contributed by atoms with Crippen LogP contribution in [0.5, 0.6) is 0 Å². The predicted octanol–water partition coefficient (Wildman–Crippen LogP) is 2.36. The quantitative estimate of drug-likeness (QED) is 0.888. The summed E-state index contributed by atoms with van der Waals surface area (Å²) in [6.07, 6.45) is -1.03. The second-order valence-electron chi connectivity index (χ2n) is 4.64. The molecule has 0 spiro atoms. The number of hydrogen-bond acceptors (Lipinski definition) is 2. The second-order valence-corrected chi connectivity index (χ2v) is 4.64. The lowest BCUT2D eigenvalue weighted by Crippen LogP contribution is -2.29. The fraction of sp³-hybridized carbons (Fsp3) is 0.188. The maximum atomic E-state index is 13.4. The number of aliphatic hydroxyl groups is 1. The van der Waals surface area contributed by atoms with Crippen LogP contribution >= 0.6 is 0 Å². The molecule has 110 valence electrons. The van der Waals surface area contributed by atoms with Crippen molar-refractivity contribution in [2.75, 3.05) is 6.54 Å². The maximum Gasteiger partial charge on any atom is 0.224 e. The SMILES string of the molecule is O=C(Cc1ccc(F)cc1F)NCC(O)c1ccccc1. The fourth-order valence-electron chi connectivity index (χ4n) is 1.90. The molecule has 1 amide bonds. The Bertz CT molecular complexity index is 617. The van der Waals surface area contributed by atoms with E-state index in [1.165, 1.54) is 6.07 Å². The molecule has 1 unspecified atom stereocenters. The Morgan fingerprint density at radius 2 is 1.86 bits per heavy atom. The highest BCUT2D eigenvalue weighted by atomic mass is 19.1. The van der Waals surface area contributed by atoms with Crippen molar-refractivity contribution in [3.05, 3.63) is 71.3 Å². The van der Waals surface area contributed by atoms with Gasteiger partial charge in [0.2, 0.25) is 5.91 Å². The highest BCUT2D eigenvalue weighted by molar-refractivity contribution is 5.78. The number of hydrogen-bond donors (Lipinski definition) is 2. The molecule has 0 saturated carbocycles. The molecule has 2 aromatic rings. The summed E-state index contributed by atoms with van der Waals surface area (Å²) < 4.78 is 26.2. The number of carbonyl (C=O) groups is 1. The number of halogens is 2. The summed E-state index contributed by atoms with van der Waals surface area (Å²) in [6.45, 7) is 0.0334. The predicted molar refractivity (Wildman–Crippen MR) is 74.5 cm³/mol. The summed E-state index contributed by atoms with van der Waals surface area (Å²) in [5.41, 5.74) is 0.800. The van der Waals surface area contributed by atoms with Crippen molar-refractivity contribution in [1.29, 1.82) is 0 Å². The molecule has 2 rings (SSSR count). The Morgan fingerprint density at radius 3 is 2.52 bits per heavy atom. The van der Waals surface area contributed by atoms with E-state index < -0.39 is 23.6 Å². The van der Waals surface area contributed by atoms with E-state index in [1.807, 2.05) is 6.07 Å². The topological polar surface area (TPSA) is 49.3 Å². The van der Waals surface area contributed by atoms with Crippen LogP contribution in [0.15, 0.2) is 48.5 Å². The Balaban J connectivity index is 1.87. The van der Waals surface area contributed by atoms with Crippen LogP contribution in [0.2, 0.25) is 0 Å². The Labute approximate surface area is 121 Å². The first-order valence-electron chi connectivity index (χ1n) is 6.50. The maximum absolute atomic E-state index is 13.4. The van der Waals surface area contributed by atoms with Gasteiger partial charge in [0, 0.05) is 12.6 Å². The monoisotopic (exact) mass is 291 g/mol. The molecule has 0 heterocycles. The molecule has 3 nitrogen and oxygen atoms in total. The van der Waals surface area contributed by atoms with Gasteiger partial charge in [-0.1, -0.05) is 36.4 Å². The van der Waals surface area contributed by atoms with E-state index >= 15 is 0 Å². The first-order valence-corrected chi connectivity index (χ1v) is 6.50. The number of carbonyl (C=O) groups excluding carboxylic acids is 1. The van der Waals surface area contributed by atoms with Gasteiger partial charge in [-0.2, -0.15) is 0 Å². The summed E-state index contributed by atoms with van der Waals surface area (Å²) in [7, 11) is 0. The van der Waals surface area contributed by atoms with Gasteiger partial charge in [-0.05, 0) is 17.2 Å². The Kier molecular flexibility index (Phi) is 5.00. The number of benzene rings is 2. The lowest BCUT2D eigenvalue weighted by Gasteiger charge is -2.12. The average Bonchev–Trinajstić information content (AvgIpc) is 2.48. The third-order valence-corrected chi connectivity index (χ3v) is 3.04. The van der Waals surface area contributed by atoms with Crippen LogP contribution in [0.25, 0.3) is 0 Å². The molecule has 0 aromatic heterocycles. The van der Waals surface area contributed by atoms with E-state index in [9.17, 15) is 18.7 Å². The molecule has 1 atom stereocenters. The third kappa shape index (κ3) is 4.36. The summed E-state index contributed by atoms with van der Waals surface area (Å²) in [5, 5.41) is 12.4. The summed E-state index contributed by atoms with van der Waals surface area (Å²) in [6, 6.07) is 12.0. The minimum Gasteiger partial charge on any atom is -0.387 e. The smallest absolute Gasteiger partial charge is 0.224 e. The summed E-state index contributed by atoms with van der Waals surface area (Å²) >= 11 is 0. The number of amides is 1. The van der Waals surface area contributed by atoms with E-state index in [1.54, 1.807) is 24.3 Å². The third-order valence-electron chi connectivity index (χ3n) is 3.04. The minimum atomic E-state index is -0.826.